The van der Waals surface area contributed by atoms with E-state index in [1.165, 1.54) is 0 Å². The summed E-state index contributed by atoms with van der Waals surface area (Å²) in [4.78, 5) is 9.80. The predicted octanol–water partition coefficient (Wildman–Crippen LogP) is 3.24. The van der Waals surface area contributed by atoms with E-state index in [2.05, 4.69) is 0 Å². The Hall–Kier alpha value is 0.190. The zero-order chi connectivity index (χ0) is 9.78. The van der Waals surface area contributed by atoms with Gasteiger partial charge in [-0.25, -0.2) is 0 Å². The number of hydrogen-bond donors (Lipinski definition) is 1. The van der Waals surface area contributed by atoms with Gasteiger partial charge in [0.15, 0.2) is 0 Å². The van der Waals surface area contributed by atoms with Gasteiger partial charge in [0.1, 0.15) is 0 Å². The van der Waals surface area contributed by atoms with E-state index >= 15 is 0 Å². The lowest BCUT2D eigenvalue weighted by molar-refractivity contribution is 0.442. The average Bonchev–Trinajstić information content (AvgIpc) is 2.04. The van der Waals surface area contributed by atoms with Crippen molar-refractivity contribution < 1.29 is 9.46 Å². The fraction of sp³-hybridized carbons (Fsp3) is 1.00. The highest BCUT2D eigenvalue weighted by molar-refractivity contribution is 7.59. The van der Waals surface area contributed by atoms with Gasteiger partial charge < -0.3 is 4.89 Å². The molecule has 0 amide bonds. The summed E-state index contributed by atoms with van der Waals surface area (Å²) in [6, 6.07) is 0. The quantitative estimate of drug-likeness (QED) is 0.679. The molecule has 0 radical (unpaired) electrons. The van der Waals surface area contributed by atoms with Crippen molar-refractivity contribution in [3.8, 4) is 0 Å². The summed E-state index contributed by atoms with van der Waals surface area (Å²) >= 11 is 0. The van der Waals surface area contributed by atoms with Gasteiger partial charge in [-0.05, 0) is 19.3 Å². The first-order valence-corrected chi connectivity index (χ1v) is 6.62. The predicted molar refractivity (Wildman–Crippen MR) is 53.9 cm³/mol. The van der Waals surface area contributed by atoms with Crippen LogP contribution in [0.15, 0.2) is 0 Å². The van der Waals surface area contributed by atoms with Crippen molar-refractivity contribution >= 4 is 7.37 Å². The Morgan fingerprint density at radius 3 is 1.83 bits per heavy atom. The molecule has 0 heterocycles. The van der Waals surface area contributed by atoms with Crippen molar-refractivity contribution in [2.75, 3.05) is 0 Å². The Kier molecular flexibility index (Phi) is 5.12. The van der Waals surface area contributed by atoms with Crippen molar-refractivity contribution in [1.29, 1.82) is 0 Å². The standard InChI is InChI=1S/C9H21O2P/c1-5-8(4)12(10,11)9(6-2)7-3/h8-9H,5-7H2,1-4H3,(H,10,11). The molecule has 74 valence electrons. The van der Waals surface area contributed by atoms with E-state index in [0.717, 1.165) is 19.3 Å². The van der Waals surface area contributed by atoms with Crippen LogP contribution >= 0.6 is 7.37 Å². The molecular formula is C9H21O2P. The zero-order valence-corrected chi connectivity index (χ0v) is 9.47. The van der Waals surface area contributed by atoms with Crippen LogP contribution in [0.4, 0.5) is 0 Å². The maximum atomic E-state index is 11.9. The van der Waals surface area contributed by atoms with Crippen LogP contribution in [0.1, 0.15) is 47.0 Å². The molecule has 12 heavy (non-hydrogen) atoms. The molecule has 0 aromatic carbocycles. The molecular weight excluding hydrogens is 171 g/mol. The minimum absolute atomic E-state index is 0.00690. The summed E-state index contributed by atoms with van der Waals surface area (Å²) in [5, 5.41) is 0. The van der Waals surface area contributed by atoms with E-state index in [9.17, 15) is 9.46 Å². The molecule has 2 nitrogen and oxygen atoms in total. The van der Waals surface area contributed by atoms with Crippen molar-refractivity contribution in [3.05, 3.63) is 0 Å². The van der Waals surface area contributed by atoms with Crippen LogP contribution in [0, 0.1) is 0 Å². The van der Waals surface area contributed by atoms with Crippen LogP contribution < -0.4 is 0 Å². The zero-order valence-electron chi connectivity index (χ0n) is 8.58. The van der Waals surface area contributed by atoms with Crippen LogP contribution in [-0.4, -0.2) is 16.2 Å². The highest BCUT2D eigenvalue weighted by atomic mass is 31.2. The summed E-state index contributed by atoms with van der Waals surface area (Å²) in [6.45, 7) is 7.81. The molecule has 3 heteroatoms. The highest BCUT2D eigenvalue weighted by Gasteiger charge is 2.32. The van der Waals surface area contributed by atoms with Gasteiger partial charge in [0.2, 0.25) is 7.37 Å². The molecule has 2 unspecified atom stereocenters. The summed E-state index contributed by atoms with van der Waals surface area (Å²) in [5.74, 6) is 0. The Morgan fingerprint density at radius 1 is 1.17 bits per heavy atom. The topological polar surface area (TPSA) is 37.3 Å². The first-order chi connectivity index (χ1) is 5.50. The Bertz CT molecular complexity index is 164. The molecule has 0 aliphatic heterocycles. The van der Waals surface area contributed by atoms with Gasteiger partial charge in [0.25, 0.3) is 0 Å². The molecule has 0 aliphatic carbocycles. The third-order valence-electron chi connectivity index (χ3n) is 2.69. The summed E-state index contributed by atoms with van der Waals surface area (Å²) < 4.78 is 11.9. The lowest BCUT2D eigenvalue weighted by Gasteiger charge is -2.25. The minimum atomic E-state index is -2.89. The van der Waals surface area contributed by atoms with Gasteiger partial charge >= 0.3 is 0 Å². The van der Waals surface area contributed by atoms with E-state index in [-0.39, 0.29) is 11.3 Å². The summed E-state index contributed by atoms with van der Waals surface area (Å²) in [6.07, 6.45) is 2.42. The largest absolute Gasteiger partial charge is 0.344 e. The molecule has 0 saturated carbocycles. The first kappa shape index (κ1) is 12.2. The van der Waals surface area contributed by atoms with Gasteiger partial charge in [-0.1, -0.05) is 27.7 Å². The molecule has 0 aromatic heterocycles. The van der Waals surface area contributed by atoms with E-state index < -0.39 is 7.37 Å². The first-order valence-electron chi connectivity index (χ1n) is 4.82. The summed E-state index contributed by atoms with van der Waals surface area (Å²) in [7, 11) is -2.89. The SMILES string of the molecule is CCC(C)P(=O)(O)C(CC)CC. The van der Waals surface area contributed by atoms with Crippen LogP contribution in [-0.2, 0) is 4.57 Å². The van der Waals surface area contributed by atoms with E-state index in [4.69, 9.17) is 0 Å². The van der Waals surface area contributed by atoms with Gasteiger partial charge in [-0.15, -0.1) is 0 Å². The molecule has 0 bridgehead atoms. The molecule has 0 aromatic rings. The normalized spacial score (nSPS) is 19.2. The van der Waals surface area contributed by atoms with E-state index in [1.54, 1.807) is 0 Å². The van der Waals surface area contributed by atoms with Crippen molar-refractivity contribution in [2.24, 2.45) is 0 Å². The van der Waals surface area contributed by atoms with Crippen LogP contribution in [0.5, 0.6) is 0 Å². The highest BCUT2D eigenvalue weighted by Crippen LogP contribution is 2.54. The minimum Gasteiger partial charge on any atom is -0.344 e. The van der Waals surface area contributed by atoms with Gasteiger partial charge in [-0.3, -0.25) is 4.57 Å². The molecule has 0 rings (SSSR count). The monoisotopic (exact) mass is 192 g/mol. The van der Waals surface area contributed by atoms with Gasteiger partial charge in [-0.2, -0.15) is 0 Å². The van der Waals surface area contributed by atoms with Crippen molar-refractivity contribution in [1.82, 2.24) is 0 Å². The average molecular weight is 192 g/mol. The van der Waals surface area contributed by atoms with Crippen molar-refractivity contribution in [3.63, 3.8) is 0 Å². The molecule has 0 aliphatic rings. The van der Waals surface area contributed by atoms with E-state index in [1.807, 2.05) is 27.7 Å². The second kappa shape index (κ2) is 5.04. The lowest BCUT2D eigenvalue weighted by Crippen LogP contribution is -2.14. The fourth-order valence-electron chi connectivity index (χ4n) is 1.43. The smallest absolute Gasteiger partial charge is 0.206 e. The number of rotatable bonds is 5. The lowest BCUT2D eigenvalue weighted by atomic mass is 10.3. The summed E-state index contributed by atoms with van der Waals surface area (Å²) in [5.41, 5.74) is -0.0325. The maximum Gasteiger partial charge on any atom is 0.206 e. The fourth-order valence-corrected chi connectivity index (χ4v) is 3.72. The van der Waals surface area contributed by atoms with Gasteiger partial charge in [0.05, 0.1) is 0 Å². The Labute approximate surface area is 75.8 Å². The third-order valence-corrected chi connectivity index (χ3v) is 6.09. The molecule has 1 N–H and O–H groups in total. The third kappa shape index (κ3) is 2.60. The molecule has 0 fully saturated rings. The Morgan fingerprint density at radius 2 is 1.58 bits per heavy atom. The molecule has 2 atom stereocenters. The van der Waals surface area contributed by atoms with Gasteiger partial charge in [0, 0.05) is 11.3 Å². The van der Waals surface area contributed by atoms with Crippen molar-refractivity contribution in [2.45, 2.75) is 58.3 Å². The van der Waals surface area contributed by atoms with Crippen LogP contribution in [0.25, 0.3) is 0 Å². The van der Waals surface area contributed by atoms with Crippen LogP contribution in [0.3, 0.4) is 0 Å². The molecule has 0 spiro atoms. The second-order valence-corrected chi connectivity index (χ2v) is 6.36. The number of hydrogen-bond acceptors (Lipinski definition) is 1. The maximum absolute atomic E-state index is 11.9. The molecule has 0 saturated heterocycles. The van der Waals surface area contributed by atoms with Crippen LogP contribution in [0.2, 0.25) is 0 Å². The second-order valence-electron chi connectivity index (χ2n) is 3.40. The van der Waals surface area contributed by atoms with E-state index in [0.29, 0.717) is 0 Å². The Balaban J connectivity index is 4.45.